The summed E-state index contributed by atoms with van der Waals surface area (Å²) >= 11 is 0. The fourth-order valence-corrected chi connectivity index (χ4v) is 2.39. The number of aryl methyl sites for hydroxylation is 1. The second-order valence-electron chi connectivity index (χ2n) is 5.58. The van der Waals surface area contributed by atoms with Gasteiger partial charge in [-0.05, 0) is 79.2 Å². The van der Waals surface area contributed by atoms with E-state index in [1.165, 1.54) is 5.56 Å². The van der Waals surface area contributed by atoms with Gasteiger partial charge in [0.15, 0.2) is 0 Å². The number of nitrogen functional groups attached to an aromatic ring is 2. The number of nitrogens with two attached hydrogens (primary N) is 2. The molecule has 0 saturated heterocycles. The van der Waals surface area contributed by atoms with Gasteiger partial charge in [0, 0.05) is 34.1 Å². The van der Waals surface area contributed by atoms with Gasteiger partial charge in [0.1, 0.15) is 0 Å². The van der Waals surface area contributed by atoms with Gasteiger partial charge in [0.2, 0.25) is 0 Å². The molecule has 0 atom stereocenters. The first-order valence-electron chi connectivity index (χ1n) is 7.45. The van der Waals surface area contributed by atoms with Gasteiger partial charge in [0.25, 0.3) is 0 Å². The first-order valence-corrected chi connectivity index (χ1v) is 7.45. The molecule has 0 aliphatic carbocycles. The van der Waals surface area contributed by atoms with Gasteiger partial charge in [-0.25, -0.2) is 0 Å². The number of rotatable bonds is 4. The van der Waals surface area contributed by atoms with E-state index in [9.17, 15) is 0 Å². The maximum atomic E-state index is 5.72. The highest BCUT2D eigenvalue weighted by Crippen LogP contribution is 2.25. The normalized spacial score (nSPS) is 10.3. The lowest BCUT2D eigenvalue weighted by Crippen LogP contribution is -1.96. The summed E-state index contributed by atoms with van der Waals surface area (Å²) < 4.78 is 0. The van der Waals surface area contributed by atoms with Crippen LogP contribution in [0.1, 0.15) is 5.56 Å². The molecule has 0 aromatic heterocycles. The molecule has 6 N–H and O–H groups in total. The smallest absolute Gasteiger partial charge is 0.0407 e. The van der Waals surface area contributed by atoms with Crippen LogP contribution >= 0.6 is 0 Å². The summed E-state index contributed by atoms with van der Waals surface area (Å²) in [7, 11) is 0. The third kappa shape index (κ3) is 3.95. The largest absolute Gasteiger partial charge is 0.399 e. The van der Waals surface area contributed by atoms with Crippen molar-refractivity contribution >= 4 is 34.1 Å². The Bertz CT molecular complexity index is 727. The Balaban J connectivity index is 1.81. The van der Waals surface area contributed by atoms with E-state index in [0.717, 1.165) is 34.1 Å². The Hall–Kier alpha value is -3.14. The van der Waals surface area contributed by atoms with Gasteiger partial charge in [0.05, 0.1) is 0 Å². The zero-order valence-electron chi connectivity index (χ0n) is 13.0. The third-order valence-electron chi connectivity index (χ3n) is 3.48. The van der Waals surface area contributed by atoms with E-state index in [0.29, 0.717) is 0 Å². The van der Waals surface area contributed by atoms with E-state index in [-0.39, 0.29) is 0 Å². The van der Waals surface area contributed by atoms with Gasteiger partial charge in [-0.1, -0.05) is 0 Å². The van der Waals surface area contributed by atoms with Gasteiger partial charge < -0.3 is 22.1 Å². The molecule has 0 spiro atoms. The Labute approximate surface area is 136 Å². The van der Waals surface area contributed by atoms with E-state index < -0.39 is 0 Å². The molecule has 4 heteroatoms. The molecule has 3 aromatic rings. The van der Waals surface area contributed by atoms with Crippen LogP contribution in [0.25, 0.3) is 0 Å². The minimum atomic E-state index is 0.755. The van der Waals surface area contributed by atoms with Gasteiger partial charge in [-0.3, -0.25) is 0 Å². The van der Waals surface area contributed by atoms with Crippen molar-refractivity contribution in [3.63, 3.8) is 0 Å². The van der Waals surface area contributed by atoms with Crippen molar-refractivity contribution in [1.29, 1.82) is 0 Å². The molecule has 0 aliphatic heterocycles. The Morgan fingerprint density at radius 1 is 0.565 bits per heavy atom. The van der Waals surface area contributed by atoms with Crippen LogP contribution < -0.4 is 22.1 Å². The number of benzene rings is 3. The fourth-order valence-electron chi connectivity index (χ4n) is 2.39. The lowest BCUT2D eigenvalue weighted by atomic mass is 10.1. The van der Waals surface area contributed by atoms with E-state index in [1.54, 1.807) is 0 Å². The minimum Gasteiger partial charge on any atom is -0.399 e. The van der Waals surface area contributed by atoms with Crippen molar-refractivity contribution in [2.24, 2.45) is 0 Å². The van der Waals surface area contributed by atoms with Crippen molar-refractivity contribution in [2.45, 2.75) is 6.92 Å². The highest BCUT2D eigenvalue weighted by atomic mass is 14.9. The van der Waals surface area contributed by atoms with Crippen LogP contribution in [-0.2, 0) is 0 Å². The molecule has 4 nitrogen and oxygen atoms in total. The average Bonchev–Trinajstić information content (AvgIpc) is 2.51. The lowest BCUT2D eigenvalue weighted by molar-refractivity contribution is 1.43. The zero-order chi connectivity index (χ0) is 16.2. The predicted octanol–water partition coefficient (Wildman–Crippen LogP) is 4.65. The summed E-state index contributed by atoms with van der Waals surface area (Å²) in [6.07, 6.45) is 0. The van der Waals surface area contributed by atoms with Crippen molar-refractivity contribution in [2.75, 3.05) is 22.1 Å². The van der Waals surface area contributed by atoms with Crippen LogP contribution in [0.5, 0.6) is 0 Å². The van der Waals surface area contributed by atoms with Crippen molar-refractivity contribution in [3.05, 3.63) is 72.3 Å². The lowest BCUT2D eigenvalue weighted by Gasteiger charge is -2.12. The Morgan fingerprint density at radius 3 is 1.35 bits per heavy atom. The zero-order valence-corrected chi connectivity index (χ0v) is 13.0. The molecule has 0 amide bonds. The van der Waals surface area contributed by atoms with Crippen molar-refractivity contribution in [3.8, 4) is 0 Å². The highest BCUT2D eigenvalue weighted by Gasteiger charge is 2.01. The molecular formula is C19H20N4. The molecule has 0 saturated carbocycles. The number of hydrogen-bond acceptors (Lipinski definition) is 4. The van der Waals surface area contributed by atoms with Crippen LogP contribution in [0.2, 0.25) is 0 Å². The average molecular weight is 304 g/mol. The molecule has 0 fully saturated rings. The molecule has 0 bridgehead atoms. The first kappa shape index (κ1) is 14.8. The predicted molar refractivity (Wildman–Crippen MR) is 99.5 cm³/mol. The summed E-state index contributed by atoms with van der Waals surface area (Å²) in [4.78, 5) is 0. The number of anilines is 6. The first-order chi connectivity index (χ1) is 11.1. The van der Waals surface area contributed by atoms with Gasteiger partial charge in [-0.15, -0.1) is 0 Å². The molecular weight excluding hydrogens is 284 g/mol. The van der Waals surface area contributed by atoms with Crippen LogP contribution in [0, 0.1) is 6.92 Å². The summed E-state index contributed by atoms with van der Waals surface area (Å²) in [6.45, 7) is 2.07. The van der Waals surface area contributed by atoms with E-state index in [4.69, 9.17) is 11.5 Å². The highest BCUT2D eigenvalue weighted by molar-refractivity contribution is 5.70. The van der Waals surface area contributed by atoms with E-state index >= 15 is 0 Å². The third-order valence-corrected chi connectivity index (χ3v) is 3.48. The quantitative estimate of drug-likeness (QED) is 0.529. The molecule has 116 valence electrons. The van der Waals surface area contributed by atoms with E-state index in [2.05, 4.69) is 35.8 Å². The summed E-state index contributed by atoms with van der Waals surface area (Å²) in [5, 5.41) is 6.78. The number of hydrogen-bond donors (Lipinski definition) is 4. The van der Waals surface area contributed by atoms with Gasteiger partial charge >= 0.3 is 0 Å². The maximum absolute atomic E-state index is 5.72. The van der Waals surface area contributed by atoms with Crippen LogP contribution in [0.4, 0.5) is 34.1 Å². The van der Waals surface area contributed by atoms with Crippen LogP contribution in [-0.4, -0.2) is 0 Å². The molecule has 0 aliphatic rings. The monoisotopic (exact) mass is 304 g/mol. The standard InChI is InChI=1S/C19H20N4/c1-13-10-18(22-16-6-2-14(20)3-7-16)12-19(11-13)23-17-8-4-15(21)5-9-17/h2-12,22-23H,20-21H2,1H3. The maximum Gasteiger partial charge on any atom is 0.0407 e. The number of nitrogens with one attached hydrogen (secondary N) is 2. The summed E-state index contributed by atoms with van der Waals surface area (Å²) in [5.41, 5.74) is 18.2. The summed E-state index contributed by atoms with van der Waals surface area (Å²) in [6, 6.07) is 21.6. The molecule has 0 radical (unpaired) electrons. The minimum absolute atomic E-state index is 0.755. The molecule has 0 unspecified atom stereocenters. The van der Waals surface area contributed by atoms with Crippen LogP contribution in [0.3, 0.4) is 0 Å². The second kappa shape index (κ2) is 6.32. The topological polar surface area (TPSA) is 76.1 Å². The molecule has 3 aromatic carbocycles. The Kier molecular flexibility index (Phi) is 4.06. The van der Waals surface area contributed by atoms with Crippen molar-refractivity contribution in [1.82, 2.24) is 0 Å². The Morgan fingerprint density at radius 2 is 0.957 bits per heavy atom. The fraction of sp³-hybridized carbons (Fsp3) is 0.0526. The molecule has 23 heavy (non-hydrogen) atoms. The second-order valence-corrected chi connectivity index (χ2v) is 5.58. The van der Waals surface area contributed by atoms with Gasteiger partial charge in [-0.2, -0.15) is 0 Å². The van der Waals surface area contributed by atoms with E-state index in [1.807, 2.05) is 48.5 Å². The molecule has 3 rings (SSSR count). The molecule has 0 heterocycles. The SMILES string of the molecule is Cc1cc(Nc2ccc(N)cc2)cc(Nc2ccc(N)cc2)c1. The van der Waals surface area contributed by atoms with Crippen molar-refractivity contribution < 1.29 is 0 Å². The summed E-state index contributed by atoms with van der Waals surface area (Å²) in [5.74, 6) is 0. The van der Waals surface area contributed by atoms with Crippen LogP contribution in [0.15, 0.2) is 66.7 Å².